The van der Waals surface area contributed by atoms with E-state index < -0.39 is 5.60 Å². The van der Waals surface area contributed by atoms with Crippen LogP contribution in [0.3, 0.4) is 0 Å². The monoisotopic (exact) mass is 520 g/mol. The first kappa shape index (κ1) is 28.0. The smallest absolute Gasteiger partial charge is 0.407 e. The minimum atomic E-state index is -0.460. The van der Waals surface area contributed by atoms with Crippen LogP contribution in [0, 0.1) is 11.3 Å². The fourth-order valence-electron chi connectivity index (χ4n) is 5.69. The van der Waals surface area contributed by atoms with Gasteiger partial charge in [0.15, 0.2) is 0 Å². The number of amides is 1. The number of carbonyl (C=O) groups excluding carboxylic acids is 1. The second-order valence-electron chi connectivity index (χ2n) is 12.4. The van der Waals surface area contributed by atoms with Crippen LogP contribution in [0.1, 0.15) is 78.2 Å². The molecular formula is C32H44N2O4. The molecule has 38 heavy (non-hydrogen) atoms. The van der Waals surface area contributed by atoms with E-state index in [9.17, 15) is 9.59 Å². The number of alkyl carbamates (subject to hydrolysis) is 1. The number of rotatable bonds is 8. The van der Waals surface area contributed by atoms with Crippen LogP contribution in [0.25, 0.3) is 10.8 Å². The zero-order valence-corrected chi connectivity index (χ0v) is 23.7. The molecule has 1 saturated carbocycles. The predicted octanol–water partition coefficient (Wildman–Crippen LogP) is 6.90. The van der Waals surface area contributed by atoms with Crippen LogP contribution in [0.15, 0.2) is 59.2 Å². The predicted molar refractivity (Wildman–Crippen MR) is 153 cm³/mol. The summed E-state index contributed by atoms with van der Waals surface area (Å²) in [6.07, 6.45) is 16.4. The summed E-state index contributed by atoms with van der Waals surface area (Å²) in [4.78, 5) is 25.3. The van der Waals surface area contributed by atoms with Crippen molar-refractivity contribution in [1.29, 1.82) is 0 Å². The van der Waals surface area contributed by atoms with Gasteiger partial charge in [-0.1, -0.05) is 31.6 Å². The standard InChI is InChI=1S/C32H44N2O4/c1-31(2,3)38-30(36)33-26-12-9-23(10-13-26)7-6-8-24-11-14-28-25(21-24)17-20-34(29(28)35)22-32(4)18-15-27(37-5)16-19-32/h11,14-18,20-21,23,26H,6-10,12-13,19,22H2,1-5H3,(H,33,36). The van der Waals surface area contributed by atoms with Crippen LogP contribution < -0.4 is 10.9 Å². The quantitative estimate of drug-likeness (QED) is 0.411. The molecule has 1 amide bonds. The number of nitrogens with one attached hydrogen (secondary N) is 1. The first-order valence-corrected chi connectivity index (χ1v) is 14.1. The van der Waals surface area contributed by atoms with E-state index in [0.29, 0.717) is 12.5 Å². The third kappa shape index (κ3) is 7.52. The molecule has 2 aromatic rings. The molecule has 1 aromatic heterocycles. The third-order valence-corrected chi connectivity index (χ3v) is 7.87. The zero-order chi connectivity index (χ0) is 27.3. The molecule has 1 aromatic carbocycles. The second kappa shape index (κ2) is 11.8. The summed E-state index contributed by atoms with van der Waals surface area (Å²) in [6, 6.07) is 8.59. The van der Waals surface area contributed by atoms with Gasteiger partial charge in [0, 0.05) is 29.6 Å². The van der Waals surface area contributed by atoms with Crippen LogP contribution in [-0.2, 0) is 22.4 Å². The van der Waals surface area contributed by atoms with Gasteiger partial charge in [0.25, 0.3) is 5.56 Å². The molecule has 1 N–H and O–H groups in total. The minimum absolute atomic E-state index is 0.0712. The van der Waals surface area contributed by atoms with E-state index in [4.69, 9.17) is 9.47 Å². The van der Waals surface area contributed by atoms with Crippen molar-refractivity contribution in [3.05, 3.63) is 70.4 Å². The first-order chi connectivity index (χ1) is 18.0. The van der Waals surface area contributed by atoms with Crippen LogP contribution in [0.2, 0.25) is 0 Å². The zero-order valence-electron chi connectivity index (χ0n) is 23.7. The van der Waals surface area contributed by atoms with Crippen molar-refractivity contribution in [2.75, 3.05) is 7.11 Å². The Morgan fingerprint density at radius 1 is 1.16 bits per heavy atom. The number of aromatic nitrogens is 1. The molecule has 1 fully saturated rings. The number of hydrogen-bond acceptors (Lipinski definition) is 4. The average Bonchev–Trinajstić information content (AvgIpc) is 2.86. The maximum absolute atomic E-state index is 13.2. The SMILES string of the molecule is COC1=CCC(C)(Cn2ccc3cc(CCCC4CCC(NC(=O)OC(C)(C)C)CC4)ccc3c2=O)C=C1. The Morgan fingerprint density at radius 3 is 2.58 bits per heavy atom. The van der Waals surface area contributed by atoms with Crippen LogP contribution in [0.5, 0.6) is 0 Å². The molecule has 0 aliphatic heterocycles. The summed E-state index contributed by atoms with van der Waals surface area (Å²) in [5.41, 5.74) is 0.791. The largest absolute Gasteiger partial charge is 0.497 e. The Kier molecular flexibility index (Phi) is 8.69. The lowest BCUT2D eigenvalue weighted by Gasteiger charge is -2.30. The fraction of sp³-hybridized carbons (Fsp3) is 0.562. The second-order valence-corrected chi connectivity index (χ2v) is 12.4. The third-order valence-electron chi connectivity index (χ3n) is 7.87. The Balaban J connectivity index is 1.26. The number of fused-ring (bicyclic) bond motifs is 1. The summed E-state index contributed by atoms with van der Waals surface area (Å²) in [5.74, 6) is 1.59. The fourth-order valence-corrected chi connectivity index (χ4v) is 5.69. The molecule has 0 saturated heterocycles. The van der Waals surface area contributed by atoms with Gasteiger partial charge in [0.2, 0.25) is 0 Å². The van der Waals surface area contributed by atoms with Crippen molar-refractivity contribution in [2.45, 2.75) is 97.2 Å². The number of methoxy groups -OCH3 is 1. The lowest BCUT2D eigenvalue weighted by atomic mass is 9.83. The van der Waals surface area contributed by atoms with E-state index >= 15 is 0 Å². The van der Waals surface area contributed by atoms with Gasteiger partial charge in [-0.2, -0.15) is 0 Å². The highest BCUT2D eigenvalue weighted by Crippen LogP contribution is 2.32. The van der Waals surface area contributed by atoms with E-state index in [1.165, 1.54) is 12.0 Å². The Morgan fingerprint density at radius 2 is 1.92 bits per heavy atom. The molecule has 0 spiro atoms. The minimum Gasteiger partial charge on any atom is -0.497 e. The van der Waals surface area contributed by atoms with Gasteiger partial charge in [-0.15, -0.1) is 0 Å². The van der Waals surface area contributed by atoms with Crippen molar-refractivity contribution in [2.24, 2.45) is 11.3 Å². The number of ether oxygens (including phenoxy) is 2. The maximum Gasteiger partial charge on any atom is 0.407 e. The van der Waals surface area contributed by atoms with Gasteiger partial charge < -0.3 is 19.4 Å². The van der Waals surface area contributed by atoms with Crippen LogP contribution in [-0.4, -0.2) is 29.4 Å². The lowest BCUT2D eigenvalue weighted by Crippen LogP contribution is -2.40. The normalized spacial score (nSPS) is 23.7. The van der Waals surface area contributed by atoms with Gasteiger partial charge in [-0.3, -0.25) is 4.79 Å². The van der Waals surface area contributed by atoms with Crippen LogP contribution >= 0.6 is 0 Å². The Hall–Kier alpha value is -3.02. The molecule has 6 heteroatoms. The molecule has 2 aliphatic carbocycles. The van der Waals surface area contributed by atoms with Gasteiger partial charge in [0.05, 0.1) is 7.11 Å². The number of benzene rings is 1. The summed E-state index contributed by atoms with van der Waals surface area (Å²) in [6.45, 7) is 8.49. The highest BCUT2D eigenvalue weighted by molar-refractivity contribution is 5.82. The molecule has 4 rings (SSSR count). The van der Waals surface area contributed by atoms with E-state index in [1.807, 2.05) is 43.7 Å². The molecule has 0 radical (unpaired) electrons. The first-order valence-electron chi connectivity index (χ1n) is 14.1. The number of aryl methyl sites for hydroxylation is 1. The summed E-state index contributed by atoms with van der Waals surface area (Å²) in [7, 11) is 1.68. The Labute approximate surface area is 227 Å². The van der Waals surface area contributed by atoms with E-state index in [2.05, 4.69) is 42.6 Å². The molecule has 0 bridgehead atoms. The lowest BCUT2D eigenvalue weighted by molar-refractivity contribution is 0.0486. The van der Waals surface area contributed by atoms with E-state index in [-0.39, 0.29) is 23.1 Å². The highest BCUT2D eigenvalue weighted by Gasteiger charge is 2.25. The molecule has 2 aliphatic rings. The summed E-state index contributed by atoms with van der Waals surface area (Å²) < 4.78 is 12.5. The summed E-state index contributed by atoms with van der Waals surface area (Å²) >= 11 is 0. The van der Waals surface area contributed by atoms with Crippen molar-refractivity contribution in [1.82, 2.24) is 9.88 Å². The van der Waals surface area contributed by atoms with Crippen molar-refractivity contribution in [3.63, 3.8) is 0 Å². The van der Waals surface area contributed by atoms with E-state index in [0.717, 1.165) is 61.5 Å². The van der Waals surface area contributed by atoms with Gasteiger partial charge in [0.1, 0.15) is 11.4 Å². The topological polar surface area (TPSA) is 69.6 Å². The molecule has 1 heterocycles. The highest BCUT2D eigenvalue weighted by atomic mass is 16.6. The summed E-state index contributed by atoms with van der Waals surface area (Å²) in [5, 5.41) is 4.83. The van der Waals surface area contributed by atoms with E-state index in [1.54, 1.807) is 7.11 Å². The molecule has 206 valence electrons. The van der Waals surface area contributed by atoms with Gasteiger partial charge >= 0.3 is 6.09 Å². The maximum atomic E-state index is 13.2. The number of nitrogens with zero attached hydrogens (tertiary/aromatic N) is 1. The number of hydrogen-bond donors (Lipinski definition) is 1. The van der Waals surface area contributed by atoms with Gasteiger partial charge in [-0.05, 0) is 107 Å². The van der Waals surface area contributed by atoms with Crippen LogP contribution in [0.4, 0.5) is 4.79 Å². The molecule has 1 atom stereocenters. The molecule has 6 nitrogen and oxygen atoms in total. The van der Waals surface area contributed by atoms with Crippen molar-refractivity contribution >= 4 is 16.9 Å². The number of allylic oxidation sites excluding steroid dienone is 3. The van der Waals surface area contributed by atoms with Crippen molar-refractivity contribution in [3.8, 4) is 0 Å². The van der Waals surface area contributed by atoms with Gasteiger partial charge in [-0.25, -0.2) is 4.79 Å². The number of carbonyl (C=O) groups is 1. The number of pyridine rings is 1. The molecule has 1 unspecified atom stereocenters. The average molecular weight is 521 g/mol. The van der Waals surface area contributed by atoms with Crippen molar-refractivity contribution < 1.29 is 14.3 Å². The Bertz CT molecular complexity index is 1240. The molecular weight excluding hydrogens is 476 g/mol.